The number of hydrogen-bond donors (Lipinski definition) is 1. The predicted octanol–water partition coefficient (Wildman–Crippen LogP) is 0.155. The zero-order chi connectivity index (χ0) is 13.2. The summed E-state index contributed by atoms with van der Waals surface area (Å²) in [5.74, 6) is -0.201. The molecule has 0 bridgehead atoms. The Morgan fingerprint density at radius 1 is 1.41 bits per heavy atom. The van der Waals surface area contributed by atoms with Crippen molar-refractivity contribution < 1.29 is 13.2 Å². The highest BCUT2D eigenvalue weighted by molar-refractivity contribution is 7.89. The van der Waals surface area contributed by atoms with Crippen LogP contribution in [0.4, 0.5) is 0 Å². The lowest BCUT2D eigenvalue weighted by molar-refractivity contribution is 0.0763. The molecule has 0 unspecified atom stereocenters. The van der Waals surface area contributed by atoms with Gasteiger partial charge in [-0.2, -0.15) is 0 Å². The lowest BCUT2D eigenvalue weighted by Crippen LogP contribution is -2.31. The standard InChI is InChI=1S/C10H17N3O3S/c1-4-13(5-2)10(14)9-6-8(7-12(9)3)17(11,15)16/h6-7H,4-5H2,1-3H3,(H2,11,15,16). The summed E-state index contributed by atoms with van der Waals surface area (Å²) in [6, 6.07) is 1.30. The molecule has 1 amide bonds. The molecule has 17 heavy (non-hydrogen) atoms. The average Bonchev–Trinajstić information content (AvgIpc) is 2.61. The molecule has 1 aromatic heterocycles. The molecule has 96 valence electrons. The van der Waals surface area contributed by atoms with Crippen molar-refractivity contribution in [1.82, 2.24) is 9.47 Å². The van der Waals surface area contributed by atoms with Crippen LogP contribution in [0, 0.1) is 0 Å². The van der Waals surface area contributed by atoms with Gasteiger partial charge in [-0.25, -0.2) is 13.6 Å². The summed E-state index contributed by atoms with van der Waals surface area (Å²) in [5.41, 5.74) is 0.317. The van der Waals surface area contributed by atoms with E-state index >= 15 is 0 Å². The van der Waals surface area contributed by atoms with Crippen LogP contribution in [-0.2, 0) is 17.1 Å². The van der Waals surface area contributed by atoms with Gasteiger partial charge < -0.3 is 9.47 Å². The van der Waals surface area contributed by atoms with Crippen LogP contribution < -0.4 is 5.14 Å². The molecule has 0 atom stereocenters. The van der Waals surface area contributed by atoms with Gasteiger partial charge in [0, 0.05) is 26.3 Å². The number of nitrogens with two attached hydrogens (primary N) is 1. The maximum absolute atomic E-state index is 12.0. The quantitative estimate of drug-likeness (QED) is 0.835. The summed E-state index contributed by atoms with van der Waals surface area (Å²) in [4.78, 5) is 13.6. The van der Waals surface area contributed by atoms with Gasteiger partial charge in [-0.15, -0.1) is 0 Å². The molecule has 0 spiro atoms. The SMILES string of the molecule is CCN(CC)C(=O)c1cc(S(N)(=O)=O)cn1C. The Labute approximate surface area is 101 Å². The number of aryl methyl sites for hydroxylation is 1. The molecule has 6 nitrogen and oxygen atoms in total. The van der Waals surface area contributed by atoms with Crippen molar-refractivity contribution >= 4 is 15.9 Å². The summed E-state index contributed by atoms with van der Waals surface area (Å²) >= 11 is 0. The Morgan fingerprint density at radius 2 is 1.94 bits per heavy atom. The van der Waals surface area contributed by atoms with Crippen LogP contribution in [0.15, 0.2) is 17.2 Å². The van der Waals surface area contributed by atoms with E-state index in [4.69, 9.17) is 5.14 Å². The molecule has 0 aromatic carbocycles. The highest BCUT2D eigenvalue weighted by atomic mass is 32.2. The van der Waals surface area contributed by atoms with E-state index in [0.29, 0.717) is 18.8 Å². The highest BCUT2D eigenvalue weighted by Crippen LogP contribution is 2.13. The maximum atomic E-state index is 12.0. The second-order valence-corrected chi connectivity index (χ2v) is 5.26. The molecule has 2 N–H and O–H groups in total. The van der Waals surface area contributed by atoms with Gasteiger partial charge >= 0.3 is 0 Å². The topological polar surface area (TPSA) is 85.4 Å². The minimum absolute atomic E-state index is 0.0458. The van der Waals surface area contributed by atoms with Gasteiger partial charge in [0.2, 0.25) is 10.0 Å². The van der Waals surface area contributed by atoms with Gasteiger partial charge in [0.25, 0.3) is 5.91 Å². The van der Waals surface area contributed by atoms with E-state index in [9.17, 15) is 13.2 Å². The third-order valence-electron chi connectivity index (χ3n) is 2.58. The molecule has 1 aromatic rings. The number of primary sulfonamides is 1. The second-order valence-electron chi connectivity index (χ2n) is 3.69. The minimum Gasteiger partial charge on any atom is -0.345 e. The lowest BCUT2D eigenvalue weighted by Gasteiger charge is -2.18. The van der Waals surface area contributed by atoms with Crippen molar-refractivity contribution in [2.24, 2.45) is 12.2 Å². The largest absolute Gasteiger partial charge is 0.345 e. The Kier molecular flexibility index (Phi) is 3.94. The Hall–Kier alpha value is -1.34. The van der Waals surface area contributed by atoms with Gasteiger partial charge in [-0.1, -0.05) is 0 Å². The molecular weight excluding hydrogens is 242 g/mol. The van der Waals surface area contributed by atoms with Crippen LogP contribution in [0.3, 0.4) is 0 Å². The van der Waals surface area contributed by atoms with Crippen molar-refractivity contribution in [3.05, 3.63) is 18.0 Å². The second kappa shape index (κ2) is 4.89. The summed E-state index contributed by atoms with van der Waals surface area (Å²) in [6.45, 7) is 4.88. The first-order valence-electron chi connectivity index (χ1n) is 5.29. The highest BCUT2D eigenvalue weighted by Gasteiger charge is 2.20. The smallest absolute Gasteiger partial charge is 0.270 e. The molecule has 0 radical (unpaired) electrons. The molecule has 0 fully saturated rings. The van der Waals surface area contributed by atoms with Crippen molar-refractivity contribution in [3.63, 3.8) is 0 Å². The molecule has 1 rings (SSSR count). The van der Waals surface area contributed by atoms with Gasteiger partial charge in [-0.3, -0.25) is 4.79 Å². The molecule has 1 heterocycles. The number of nitrogens with zero attached hydrogens (tertiary/aromatic N) is 2. The Bertz CT molecular complexity index is 515. The van der Waals surface area contributed by atoms with Crippen LogP contribution in [0.2, 0.25) is 0 Å². The van der Waals surface area contributed by atoms with Crippen LogP contribution in [0.5, 0.6) is 0 Å². The number of carbonyl (C=O) groups excluding carboxylic acids is 1. The fourth-order valence-electron chi connectivity index (χ4n) is 1.58. The zero-order valence-corrected chi connectivity index (χ0v) is 11.0. The van der Waals surface area contributed by atoms with Gasteiger partial charge in [-0.05, 0) is 19.9 Å². The number of amides is 1. The number of rotatable bonds is 4. The first-order chi connectivity index (χ1) is 7.81. The summed E-state index contributed by atoms with van der Waals surface area (Å²) in [5, 5.41) is 5.01. The van der Waals surface area contributed by atoms with E-state index in [-0.39, 0.29) is 10.8 Å². The molecule has 0 aliphatic carbocycles. The van der Waals surface area contributed by atoms with Crippen molar-refractivity contribution in [2.45, 2.75) is 18.7 Å². The van der Waals surface area contributed by atoms with Gasteiger partial charge in [0.15, 0.2) is 0 Å². The van der Waals surface area contributed by atoms with Crippen molar-refractivity contribution in [2.75, 3.05) is 13.1 Å². The third-order valence-corrected chi connectivity index (χ3v) is 3.46. The predicted molar refractivity (Wildman–Crippen MR) is 64.0 cm³/mol. The van der Waals surface area contributed by atoms with Crippen molar-refractivity contribution in [1.29, 1.82) is 0 Å². The van der Waals surface area contributed by atoms with Crippen LogP contribution in [0.1, 0.15) is 24.3 Å². The summed E-state index contributed by atoms with van der Waals surface area (Å²) in [7, 11) is -2.15. The van der Waals surface area contributed by atoms with E-state index in [1.807, 2.05) is 13.8 Å². The van der Waals surface area contributed by atoms with E-state index in [2.05, 4.69) is 0 Å². The molecule has 0 saturated carbocycles. The van der Waals surface area contributed by atoms with Crippen LogP contribution >= 0.6 is 0 Å². The Morgan fingerprint density at radius 3 is 2.29 bits per heavy atom. The summed E-state index contributed by atoms with van der Waals surface area (Å²) < 4.78 is 23.8. The molecule has 0 aliphatic rings. The van der Waals surface area contributed by atoms with Crippen LogP contribution in [-0.4, -0.2) is 36.9 Å². The number of aromatic nitrogens is 1. The van der Waals surface area contributed by atoms with E-state index < -0.39 is 10.0 Å². The van der Waals surface area contributed by atoms with E-state index in [1.165, 1.54) is 16.8 Å². The number of sulfonamides is 1. The minimum atomic E-state index is -3.77. The first kappa shape index (κ1) is 13.7. The van der Waals surface area contributed by atoms with Crippen LogP contribution in [0.25, 0.3) is 0 Å². The van der Waals surface area contributed by atoms with E-state index in [1.54, 1.807) is 11.9 Å². The molecule has 0 saturated heterocycles. The zero-order valence-electron chi connectivity index (χ0n) is 10.2. The maximum Gasteiger partial charge on any atom is 0.270 e. The molecule has 0 aliphatic heterocycles. The monoisotopic (exact) mass is 259 g/mol. The average molecular weight is 259 g/mol. The number of carbonyl (C=O) groups is 1. The van der Waals surface area contributed by atoms with Gasteiger partial charge in [0.05, 0.1) is 0 Å². The van der Waals surface area contributed by atoms with E-state index in [0.717, 1.165) is 0 Å². The fourth-order valence-corrected chi connectivity index (χ4v) is 2.16. The molecular formula is C10H17N3O3S. The fraction of sp³-hybridized carbons (Fsp3) is 0.500. The molecule has 7 heteroatoms. The van der Waals surface area contributed by atoms with Crippen molar-refractivity contribution in [3.8, 4) is 0 Å². The Balaban J connectivity index is 3.16. The normalized spacial score (nSPS) is 11.5. The summed E-state index contributed by atoms with van der Waals surface area (Å²) in [6.07, 6.45) is 1.34. The third kappa shape index (κ3) is 2.86. The lowest BCUT2D eigenvalue weighted by atomic mass is 10.3. The number of hydrogen-bond acceptors (Lipinski definition) is 3. The first-order valence-corrected chi connectivity index (χ1v) is 6.84. The van der Waals surface area contributed by atoms with Gasteiger partial charge in [0.1, 0.15) is 10.6 Å².